The molecule has 3 aromatic rings. The van der Waals surface area contributed by atoms with Crippen LogP contribution in [0.1, 0.15) is 32.8 Å². The van der Waals surface area contributed by atoms with Gasteiger partial charge in [-0.1, -0.05) is 60.5 Å². The lowest BCUT2D eigenvalue weighted by atomic mass is 10.1. The zero-order chi connectivity index (χ0) is 28.7. The van der Waals surface area contributed by atoms with Crippen molar-refractivity contribution in [1.82, 2.24) is 10.2 Å². The van der Waals surface area contributed by atoms with E-state index in [9.17, 15) is 22.4 Å². The van der Waals surface area contributed by atoms with Crippen LogP contribution in [-0.2, 0) is 26.2 Å². The predicted molar refractivity (Wildman–Crippen MR) is 152 cm³/mol. The quantitative estimate of drug-likeness (QED) is 0.311. The smallest absolute Gasteiger partial charge is 0.264 e. The molecule has 0 bridgehead atoms. The van der Waals surface area contributed by atoms with Gasteiger partial charge in [0.15, 0.2) is 0 Å². The van der Waals surface area contributed by atoms with Crippen LogP contribution in [0.25, 0.3) is 0 Å². The largest absolute Gasteiger partial charge is 0.352 e. The number of carbonyl (C=O) groups excluding carboxylic acids is 2. The Bertz CT molecular complexity index is 1400. The Hall–Kier alpha value is -3.14. The number of hydrogen-bond acceptors (Lipinski definition) is 4. The first kappa shape index (κ1) is 30.4. The maximum atomic E-state index is 14.0. The summed E-state index contributed by atoms with van der Waals surface area (Å²) < 4.78 is 42.3. The molecule has 0 saturated heterocycles. The number of halogens is 3. The molecule has 208 valence electrons. The molecule has 7 nitrogen and oxygen atoms in total. The van der Waals surface area contributed by atoms with Gasteiger partial charge in [-0.05, 0) is 68.3 Å². The Kier molecular flexibility index (Phi) is 10.4. The highest BCUT2D eigenvalue weighted by molar-refractivity contribution is 7.92. The van der Waals surface area contributed by atoms with E-state index in [0.717, 1.165) is 16.4 Å². The van der Waals surface area contributed by atoms with Gasteiger partial charge in [0.25, 0.3) is 10.0 Å². The Morgan fingerprint density at radius 3 is 2.18 bits per heavy atom. The van der Waals surface area contributed by atoms with E-state index in [1.165, 1.54) is 23.1 Å². The van der Waals surface area contributed by atoms with E-state index in [0.29, 0.717) is 10.6 Å². The summed E-state index contributed by atoms with van der Waals surface area (Å²) in [5, 5.41) is 3.05. The minimum Gasteiger partial charge on any atom is -0.352 e. The van der Waals surface area contributed by atoms with E-state index >= 15 is 0 Å². The molecular weight excluding hydrogens is 564 g/mol. The van der Waals surface area contributed by atoms with Gasteiger partial charge in [0.05, 0.1) is 15.6 Å². The van der Waals surface area contributed by atoms with Crippen LogP contribution in [0.4, 0.5) is 10.1 Å². The molecule has 0 aliphatic rings. The van der Waals surface area contributed by atoms with Gasteiger partial charge in [0, 0.05) is 17.6 Å². The molecule has 0 fully saturated rings. The lowest BCUT2D eigenvalue weighted by Gasteiger charge is -2.33. The molecule has 0 heterocycles. The Balaban J connectivity index is 2.07. The van der Waals surface area contributed by atoms with Gasteiger partial charge in [-0.3, -0.25) is 13.9 Å². The van der Waals surface area contributed by atoms with Gasteiger partial charge < -0.3 is 10.2 Å². The fourth-order valence-corrected chi connectivity index (χ4v) is 5.70. The summed E-state index contributed by atoms with van der Waals surface area (Å²) in [5.41, 5.74) is 0.704. The van der Waals surface area contributed by atoms with E-state index in [2.05, 4.69) is 5.32 Å². The SMILES string of the molecule is CC[C@@H](C(=O)NC(C)C)N(Cc1ccc(Cl)cc1)C(=O)CN(c1ccc(F)c(Cl)c1)S(=O)(=O)c1ccccc1. The van der Waals surface area contributed by atoms with Crippen molar-refractivity contribution in [3.05, 3.63) is 94.2 Å². The fourth-order valence-electron chi connectivity index (χ4n) is 3.98. The molecule has 0 radical (unpaired) electrons. The van der Waals surface area contributed by atoms with E-state index < -0.39 is 34.3 Å². The lowest BCUT2D eigenvalue weighted by molar-refractivity contribution is -0.140. The number of anilines is 1. The number of benzene rings is 3. The number of sulfonamides is 1. The monoisotopic (exact) mass is 593 g/mol. The third-order valence-corrected chi connectivity index (χ3v) is 8.21. The summed E-state index contributed by atoms with van der Waals surface area (Å²) in [6.45, 7) is 4.76. The first-order chi connectivity index (χ1) is 18.4. The molecule has 0 aliphatic heterocycles. The highest BCUT2D eigenvalue weighted by Crippen LogP contribution is 2.28. The van der Waals surface area contributed by atoms with Gasteiger partial charge in [0.1, 0.15) is 18.4 Å². The highest BCUT2D eigenvalue weighted by Gasteiger charge is 2.34. The molecule has 1 atom stereocenters. The molecule has 0 aliphatic carbocycles. The van der Waals surface area contributed by atoms with Crippen LogP contribution < -0.4 is 9.62 Å². The van der Waals surface area contributed by atoms with Gasteiger partial charge >= 0.3 is 0 Å². The third kappa shape index (κ3) is 7.71. The number of rotatable bonds is 11. The lowest BCUT2D eigenvalue weighted by Crippen LogP contribution is -2.53. The minimum absolute atomic E-state index is 0.00438. The van der Waals surface area contributed by atoms with Crippen molar-refractivity contribution in [2.24, 2.45) is 0 Å². The normalized spacial score (nSPS) is 12.2. The van der Waals surface area contributed by atoms with Gasteiger partial charge in [0.2, 0.25) is 11.8 Å². The van der Waals surface area contributed by atoms with Crippen LogP contribution in [0, 0.1) is 5.82 Å². The average Bonchev–Trinajstić information content (AvgIpc) is 2.90. The number of carbonyl (C=O) groups is 2. The molecule has 0 unspecified atom stereocenters. The zero-order valence-corrected chi connectivity index (χ0v) is 24.1. The average molecular weight is 595 g/mol. The van der Waals surface area contributed by atoms with E-state index in [1.807, 2.05) is 13.8 Å². The summed E-state index contributed by atoms with van der Waals surface area (Å²) in [6, 6.07) is 16.7. The molecule has 39 heavy (non-hydrogen) atoms. The van der Waals surface area contributed by atoms with Crippen LogP contribution in [0.2, 0.25) is 10.0 Å². The van der Waals surface area contributed by atoms with Crippen molar-refractivity contribution in [2.45, 2.75) is 50.7 Å². The van der Waals surface area contributed by atoms with Gasteiger partial charge in [-0.15, -0.1) is 0 Å². The van der Waals surface area contributed by atoms with E-state index in [1.54, 1.807) is 49.4 Å². The molecule has 0 aromatic heterocycles. The summed E-state index contributed by atoms with van der Waals surface area (Å²) in [7, 11) is -4.28. The van der Waals surface area contributed by atoms with Gasteiger partial charge in [-0.2, -0.15) is 0 Å². The van der Waals surface area contributed by atoms with Crippen molar-refractivity contribution in [3.8, 4) is 0 Å². The summed E-state index contributed by atoms with van der Waals surface area (Å²) in [4.78, 5) is 28.3. The maximum Gasteiger partial charge on any atom is 0.264 e. The first-order valence-corrected chi connectivity index (χ1v) is 14.5. The van der Waals surface area contributed by atoms with Crippen molar-refractivity contribution in [1.29, 1.82) is 0 Å². The van der Waals surface area contributed by atoms with Crippen LogP contribution in [0.15, 0.2) is 77.7 Å². The van der Waals surface area contributed by atoms with Crippen LogP contribution in [0.5, 0.6) is 0 Å². The van der Waals surface area contributed by atoms with Gasteiger partial charge in [-0.25, -0.2) is 12.8 Å². The van der Waals surface area contributed by atoms with E-state index in [4.69, 9.17) is 23.2 Å². The predicted octanol–water partition coefficient (Wildman–Crippen LogP) is 5.66. The number of amides is 2. The Morgan fingerprint density at radius 1 is 0.974 bits per heavy atom. The fraction of sp³-hybridized carbons (Fsp3) is 0.286. The van der Waals surface area contributed by atoms with Crippen molar-refractivity contribution in [3.63, 3.8) is 0 Å². The summed E-state index contributed by atoms with van der Waals surface area (Å²) in [5.74, 6) is -1.72. The molecular formula is C28H30Cl2FN3O4S. The second kappa shape index (κ2) is 13.3. The number of nitrogens with one attached hydrogen (secondary N) is 1. The third-order valence-electron chi connectivity index (χ3n) is 5.88. The molecule has 3 aromatic carbocycles. The molecule has 0 saturated carbocycles. The second-order valence-electron chi connectivity index (χ2n) is 9.16. The first-order valence-electron chi connectivity index (χ1n) is 12.3. The highest BCUT2D eigenvalue weighted by atomic mass is 35.5. The topological polar surface area (TPSA) is 86.8 Å². The Morgan fingerprint density at radius 2 is 1.62 bits per heavy atom. The Labute approximate surface area is 238 Å². The molecule has 3 rings (SSSR count). The summed E-state index contributed by atoms with van der Waals surface area (Å²) >= 11 is 12.0. The summed E-state index contributed by atoms with van der Waals surface area (Å²) in [6.07, 6.45) is 0.283. The van der Waals surface area contributed by atoms with Crippen molar-refractivity contribution < 1.29 is 22.4 Å². The molecule has 1 N–H and O–H groups in total. The number of hydrogen-bond donors (Lipinski definition) is 1. The molecule has 2 amide bonds. The molecule has 0 spiro atoms. The van der Waals surface area contributed by atoms with Crippen LogP contribution in [-0.4, -0.2) is 43.8 Å². The molecule has 11 heteroatoms. The van der Waals surface area contributed by atoms with Crippen molar-refractivity contribution in [2.75, 3.05) is 10.8 Å². The standard InChI is InChI=1S/C28H30Cl2FN3O4S/c1-4-26(28(36)32-19(2)3)33(17-20-10-12-21(29)13-11-20)27(35)18-34(22-14-15-25(31)24(30)16-22)39(37,38)23-8-6-5-7-9-23/h5-16,19,26H,4,17-18H2,1-3H3,(H,32,36)/t26-/m0/s1. The van der Waals surface area contributed by atoms with Crippen LogP contribution >= 0.6 is 23.2 Å². The van der Waals surface area contributed by atoms with Crippen molar-refractivity contribution >= 4 is 50.7 Å². The van der Waals surface area contributed by atoms with Crippen LogP contribution in [0.3, 0.4) is 0 Å². The van der Waals surface area contributed by atoms with E-state index in [-0.39, 0.29) is 40.5 Å². The number of nitrogens with zero attached hydrogens (tertiary/aromatic N) is 2. The zero-order valence-electron chi connectivity index (χ0n) is 21.8. The maximum absolute atomic E-state index is 14.0. The minimum atomic E-state index is -4.28. The second-order valence-corrected chi connectivity index (χ2v) is 11.9.